The van der Waals surface area contributed by atoms with Gasteiger partial charge in [-0.25, -0.2) is 0 Å². The summed E-state index contributed by atoms with van der Waals surface area (Å²) in [5.74, 6) is -0.351. The van der Waals surface area contributed by atoms with E-state index in [9.17, 15) is 9.59 Å². The molecule has 0 fully saturated rings. The molecule has 33 heavy (non-hydrogen) atoms. The Morgan fingerprint density at radius 2 is 1.70 bits per heavy atom. The van der Waals surface area contributed by atoms with Crippen LogP contribution in [0.15, 0.2) is 85.1 Å². The Kier molecular flexibility index (Phi) is 7.10. The maximum absolute atomic E-state index is 13.3. The molecule has 4 aromatic rings. The molecule has 2 N–H and O–H groups in total. The lowest BCUT2D eigenvalue weighted by Gasteiger charge is -2.25. The van der Waals surface area contributed by atoms with Crippen molar-refractivity contribution in [3.63, 3.8) is 0 Å². The third-order valence-electron chi connectivity index (χ3n) is 5.75. The molecule has 0 aliphatic carbocycles. The minimum atomic E-state index is -0.642. The lowest BCUT2D eigenvalue weighted by atomic mass is 10.0. The average Bonchev–Trinajstić information content (AvgIpc) is 3.23. The van der Waals surface area contributed by atoms with Crippen LogP contribution in [-0.4, -0.2) is 29.9 Å². The van der Waals surface area contributed by atoms with Gasteiger partial charge in [-0.05, 0) is 54.3 Å². The molecule has 4 rings (SSSR count). The van der Waals surface area contributed by atoms with Gasteiger partial charge in [-0.3, -0.25) is 9.59 Å². The van der Waals surface area contributed by atoms with Crippen molar-refractivity contribution in [2.45, 2.75) is 25.3 Å². The van der Waals surface area contributed by atoms with Crippen LogP contribution < -0.4 is 10.2 Å². The lowest BCUT2D eigenvalue weighted by Crippen LogP contribution is -2.48. The van der Waals surface area contributed by atoms with E-state index in [1.807, 2.05) is 85.1 Å². The second-order valence-corrected chi connectivity index (χ2v) is 8.49. The predicted octanol–water partition coefficient (Wildman–Crippen LogP) is 5.14. The minimum absolute atomic E-state index is 0.146. The highest BCUT2D eigenvalue weighted by Crippen LogP contribution is 2.23. The van der Waals surface area contributed by atoms with Gasteiger partial charge in [-0.1, -0.05) is 60.1 Å². The molecule has 1 heterocycles. The number of H-pyrrole nitrogens is 1. The number of carbonyl (C=O) groups is 2. The van der Waals surface area contributed by atoms with Crippen molar-refractivity contribution < 1.29 is 9.59 Å². The number of halogens is 1. The van der Waals surface area contributed by atoms with E-state index in [1.165, 1.54) is 0 Å². The first kappa shape index (κ1) is 22.6. The van der Waals surface area contributed by atoms with Crippen LogP contribution in [0.4, 0.5) is 5.69 Å². The summed E-state index contributed by atoms with van der Waals surface area (Å²) in [5.41, 5.74) is 3.67. The van der Waals surface area contributed by atoms with Crippen molar-refractivity contribution in [2.75, 3.05) is 11.9 Å². The third-order valence-corrected chi connectivity index (χ3v) is 5.99. The fraction of sp³-hybridized carbons (Fsp3) is 0.185. The summed E-state index contributed by atoms with van der Waals surface area (Å²) in [6.07, 6.45) is 3.16. The molecule has 0 saturated heterocycles. The molecule has 0 radical (unpaired) electrons. The van der Waals surface area contributed by atoms with Crippen molar-refractivity contribution in [2.24, 2.45) is 0 Å². The molecule has 1 atom stereocenters. The highest BCUT2D eigenvalue weighted by Gasteiger charge is 2.25. The summed E-state index contributed by atoms with van der Waals surface area (Å²) in [7, 11) is 1.74. The van der Waals surface area contributed by atoms with E-state index in [4.69, 9.17) is 11.6 Å². The highest BCUT2D eigenvalue weighted by atomic mass is 35.5. The topological polar surface area (TPSA) is 65.2 Å². The van der Waals surface area contributed by atoms with Gasteiger partial charge in [0.25, 0.3) is 0 Å². The number of benzene rings is 3. The standard InChI is InChI=1S/C27H26ClN3O2/c1-31(22-10-6-3-7-11-22)27(33)25(14-12-19-8-4-2-5-9-19)30-26(32)16-20-18-29-24-15-13-21(28)17-23(20)24/h2-11,13,15,17-18,25,29H,12,14,16H2,1H3,(H,30,32)/t25-/m0/s1. The quantitative estimate of drug-likeness (QED) is 0.383. The van der Waals surface area contributed by atoms with Crippen LogP contribution in [0.3, 0.4) is 0 Å². The largest absolute Gasteiger partial charge is 0.361 e. The van der Waals surface area contributed by atoms with E-state index < -0.39 is 6.04 Å². The zero-order chi connectivity index (χ0) is 23.2. The van der Waals surface area contributed by atoms with Crippen LogP contribution in [0.25, 0.3) is 10.9 Å². The Bertz CT molecular complexity index is 1240. The van der Waals surface area contributed by atoms with Crippen LogP contribution in [-0.2, 0) is 22.4 Å². The number of amides is 2. The van der Waals surface area contributed by atoms with Gasteiger partial charge in [0.2, 0.25) is 11.8 Å². The van der Waals surface area contributed by atoms with Crippen LogP contribution in [0.2, 0.25) is 5.02 Å². The molecule has 0 aliphatic heterocycles. The highest BCUT2D eigenvalue weighted by molar-refractivity contribution is 6.31. The van der Waals surface area contributed by atoms with Crippen LogP contribution in [0.1, 0.15) is 17.5 Å². The molecule has 0 unspecified atom stereocenters. The number of hydrogen-bond donors (Lipinski definition) is 2. The second-order valence-electron chi connectivity index (χ2n) is 8.06. The van der Waals surface area contributed by atoms with Gasteiger partial charge in [0, 0.05) is 34.9 Å². The Balaban J connectivity index is 1.50. The molecule has 0 spiro atoms. The number of para-hydroxylation sites is 1. The monoisotopic (exact) mass is 459 g/mol. The fourth-order valence-electron chi connectivity index (χ4n) is 3.94. The molecule has 0 saturated carbocycles. The number of rotatable bonds is 8. The number of anilines is 1. The zero-order valence-electron chi connectivity index (χ0n) is 18.4. The van der Waals surface area contributed by atoms with Crippen molar-refractivity contribution in [3.8, 4) is 0 Å². The van der Waals surface area contributed by atoms with Gasteiger partial charge in [0.05, 0.1) is 6.42 Å². The van der Waals surface area contributed by atoms with E-state index in [-0.39, 0.29) is 18.2 Å². The number of carbonyl (C=O) groups excluding carboxylic acids is 2. The molecule has 168 valence electrons. The Morgan fingerprint density at radius 3 is 2.42 bits per heavy atom. The lowest BCUT2D eigenvalue weighted by molar-refractivity contribution is -0.127. The molecule has 0 aliphatic rings. The zero-order valence-corrected chi connectivity index (χ0v) is 19.2. The maximum atomic E-state index is 13.3. The Labute approximate surface area is 198 Å². The first-order chi connectivity index (χ1) is 16.0. The van der Waals surface area contributed by atoms with Gasteiger partial charge >= 0.3 is 0 Å². The summed E-state index contributed by atoms with van der Waals surface area (Å²) in [4.78, 5) is 31.1. The van der Waals surface area contributed by atoms with Crippen molar-refractivity contribution in [1.82, 2.24) is 10.3 Å². The van der Waals surface area contributed by atoms with E-state index in [0.29, 0.717) is 17.9 Å². The van der Waals surface area contributed by atoms with Gasteiger partial charge in [-0.15, -0.1) is 0 Å². The molecule has 1 aromatic heterocycles. The van der Waals surface area contributed by atoms with E-state index in [2.05, 4.69) is 10.3 Å². The van der Waals surface area contributed by atoms with E-state index in [1.54, 1.807) is 11.9 Å². The van der Waals surface area contributed by atoms with Gasteiger partial charge in [-0.2, -0.15) is 0 Å². The first-order valence-corrected chi connectivity index (χ1v) is 11.3. The minimum Gasteiger partial charge on any atom is -0.361 e. The summed E-state index contributed by atoms with van der Waals surface area (Å²) in [6.45, 7) is 0. The van der Waals surface area contributed by atoms with E-state index >= 15 is 0 Å². The Morgan fingerprint density at radius 1 is 1.00 bits per heavy atom. The first-order valence-electron chi connectivity index (χ1n) is 10.9. The van der Waals surface area contributed by atoms with Crippen LogP contribution in [0, 0.1) is 0 Å². The predicted molar refractivity (Wildman–Crippen MR) is 134 cm³/mol. The van der Waals surface area contributed by atoms with Gasteiger partial charge < -0.3 is 15.2 Å². The normalized spacial score (nSPS) is 11.8. The van der Waals surface area contributed by atoms with Crippen LogP contribution >= 0.6 is 11.6 Å². The molecule has 6 heteroatoms. The molecule has 2 amide bonds. The van der Waals surface area contributed by atoms with Crippen molar-refractivity contribution >= 4 is 40.0 Å². The fourth-order valence-corrected chi connectivity index (χ4v) is 4.11. The maximum Gasteiger partial charge on any atom is 0.249 e. The molecule has 0 bridgehead atoms. The summed E-state index contributed by atoms with van der Waals surface area (Å²) in [5, 5.41) is 4.50. The summed E-state index contributed by atoms with van der Waals surface area (Å²) < 4.78 is 0. The number of aromatic nitrogens is 1. The molecule has 3 aromatic carbocycles. The number of likely N-dealkylation sites (N-methyl/N-ethyl adjacent to an activating group) is 1. The Hall–Kier alpha value is -3.57. The molecular formula is C27H26ClN3O2. The average molecular weight is 460 g/mol. The number of nitrogens with zero attached hydrogens (tertiary/aromatic N) is 1. The van der Waals surface area contributed by atoms with Crippen molar-refractivity contribution in [3.05, 3.63) is 101 Å². The smallest absolute Gasteiger partial charge is 0.249 e. The number of hydrogen-bond acceptors (Lipinski definition) is 2. The van der Waals surface area contributed by atoms with E-state index in [0.717, 1.165) is 27.7 Å². The molecule has 5 nitrogen and oxygen atoms in total. The van der Waals surface area contributed by atoms with Gasteiger partial charge in [0.1, 0.15) is 6.04 Å². The number of aryl methyl sites for hydroxylation is 1. The SMILES string of the molecule is CN(C(=O)[C@H](CCc1ccccc1)NC(=O)Cc1c[nH]c2ccc(Cl)cc12)c1ccccc1. The van der Waals surface area contributed by atoms with Crippen molar-refractivity contribution in [1.29, 1.82) is 0 Å². The van der Waals surface area contributed by atoms with Crippen LogP contribution in [0.5, 0.6) is 0 Å². The number of nitrogens with one attached hydrogen (secondary N) is 2. The summed E-state index contributed by atoms with van der Waals surface area (Å²) >= 11 is 6.14. The molecular weight excluding hydrogens is 434 g/mol. The summed E-state index contributed by atoms with van der Waals surface area (Å²) in [6, 6.07) is 24.3. The number of aromatic amines is 1. The second kappa shape index (κ2) is 10.4. The third kappa shape index (κ3) is 5.62. The van der Waals surface area contributed by atoms with Gasteiger partial charge in [0.15, 0.2) is 0 Å². The number of fused-ring (bicyclic) bond motifs is 1.